The van der Waals surface area contributed by atoms with Crippen LogP contribution in [0.3, 0.4) is 0 Å². The van der Waals surface area contributed by atoms with Crippen LogP contribution in [0.2, 0.25) is 10.0 Å². The lowest BCUT2D eigenvalue weighted by molar-refractivity contribution is -0.152. The number of nitrogens with two attached hydrogens (primary N) is 3. The smallest absolute Gasteiger partial charge is 0.264 e. The molecule has 3 aromatic rings. The molecule has 0 aliphatic carbocycles. The molecular weight excluding hydrogens is 591 g/mol. The van der Waals surface area contributed by atoms with Gasteiger partial charge in [0.25, 0.3) is 5.91 Å². The third kappa shape index (κ3) is 6.07. The number of benzene rings is 3. The second kappa shape index (κ2) is 12.7. The van der Waals surface area contributed by atoms with Gasteiger partial charge in [-0.25, -0.2) is 0 Å². The van der Waals surface area contributed by atoms with E-state index in [9.17, 15) is 14.4 Å². The number of halogens is 2. The van der Waals surface area contributed by atoms with Gasteiger partial charge in [0, 0.05) is 29.4 Å². The van der Waals surface area contributed by atoms with Crippen LogP contribution in [0, 0.1) is 0 Å². The summed E-state index contributed by atoms with van der Waals surface area (Å²) < 4.78 is 6.14. The number of aryl methyl sites for hydroxylation is 1. The van der Waals surface area contributed by atoms with Crippen LogP contribution in [-0.2, 0) is 20.8 Å². The van der Waals surface area contributed by atoms with Crippen molar-refractivity contribution in [1.82, 2.24) is 9.80 Å². The molecule has 0 saturated carbocycles. The molecule has 10 nitrogen and oxygen atoms in total. The number of ether oxygens (including phenoxy) is 1. The van der Waals surface area contributed by atoms with Gasteiger partial charge < -0.3 is 26.8 Å². The minimum atomic E-state index is -1.60. The summed E-state index contributed by atoms with van der Waals surface area (Å²) in [4.78, 5) is 48.1. The van der Waals surface area contributed by atoms with Gasteiger partial charge in [-0.05, 0) is 66.3 Å². The number of fused-ring (bicyclic) bond motifs is 2. The quantitative estimate of drug-likeness (QED) is 0.168. The minimum Gasteiger partial charge on any atom is -0.491 e. The fourth-order valence-corrected chi connectivity index (χ4v) is 6.73. The van der Waals surface area contributed by atoms with Gasteiger partial charge in [-0.2, -0.15) is 0 Å². The van der Waals surface area contributed by atoms with Gasteiger partial charge in [-0.3, -0.25) is 24.3 Å². The molecule has 43 heavy (non-hydrogen) atoms. The van der Waals surface area contributed by atoms with Crippen molar-refractivity contribution in [3.05, 3.63) is 76.3 Å². The van der Waals surface area contributed by atoms with Crippen molar-refractivity contribution in [3.8, 4) is 5.75 Å². The van der Waals surface area contributed by atoms with Crippen molar-refractivity contribution in [3.63, 3.8) is 0 Å². The standard InChI is InChI=1S/C31H34Cl2N6O4/c32-22-10-7-20(25(33)17-22)9-12-27(40)39-26(6-3-15-37-30(35)36)28(41)38-23(13-14-31(38,39)29(34)42)18-43-24-11-8-19-4-1-2-5-21(19)16-24/h1-2,4-5,7-8,10-11,16-17,23,26H,3,6,9,12-15,18H2,(H2,34,42)(H4,35,36,37)/t23-,26+,31+/m1/s1. The van der Waals surface area contributed by atoms with Crippen LogP contribution in [-0.4, -0.2) is 64.4 Å². The summed E-state index contributed by atoms with van der Waals surface area (Å²) in [5.74, 6) is -0.887. The molecule has 3 atom stereocenters. The van der Waals surface area contributed by atoms with E-state index in [0.717, 1.165) is 16.3 Å². The Labute approximate surface area is 259 Å². The van der Waals surface area contributed by atoms with Gasteiger partial charge in [0.05, 0.1) is 6.04 Å². The van der Waals surface area contributed by atoms with Gasteiger partial charge in [0.15, 0.2) is 11.6 Å². The normalized spacial score (nSPS) is 21.2. The molecule has 12 heteroatoms. The maximum absolute atomic E-state index is 14.0. The number of amides is 3. The van der Waals surface area contributed by atoms with E-state index >= 15 is 0 Å². The Kier molecular flexibility index (Phi) is 8.98. The highest BCUT2D eigenvalue weighted by atomic mass is 35.5. The first-order valence-electron chi connectivity index (χ1n) is 14.2. The third-order valence-corrected chi connectivity index (χ3v) is 8.79. The minimum absolute atomic E-state index is 0.0140. The van der Waals surface area contributed by atoms with Crippen molar-refractivity contribution in [1.29, 1.82) is 0 Å². The lowest BCUT2D eigenvalue weighted by atomic mass is 10.0. The van der Waals surface area contributed by atoms with E-state index in [1.165, 1.54) is 9.80 Å². The first-order chi connectivity index (χ1) is 20.6. The Balaban J connectivity index is 1.40. The molecule has 0 radical (unpaired) electrons. The van der Waals surface area contributed by atoms with Gasteiger partial charge in [-0.15, -0.1) is 0 Å². The largest absolute Gasteiger partial charge is 0.491 e. The van der Waals surface area contributed by atoms with Crippen LogP contribution >= 0.6 is 23.2 Å². The van der Waals surface area contributed by atoms with Crippen molar-refractivity contribution in [2.75, 3.05) is 13.2 Å². The summed E-state index contributed by atoms with van der Waals surface area (Å²) in [6.45, 7) is 0.412. The van der Waals surface area contributed by atoms with Crippen molar-refractivity contribution < 1.29 is 19.1 Å². The summed E-state index contributed by atoms with van der Waals surface area (Å²) in [5, 5.41) is 3.02. The third-order valence-electron chi connectivity index (χ3n) is 8.20. The summed E-state index contributed by atoms with van der Waals surface area (Å²) in [5.41, 5.74) is 16.1. The number of carbonyl (C=O) groups excluding carboxylic acids is 3. The SMILES string of the molecule is NC(=O)[C@@]12CC[C@H](COc3ccc4ccccc4c3)N1C(=O)[C@H](CCCN=C(N)N)N2C(=O)CCc1ccc(Cl)cc1Cl. The summed E-state index contributed by atoms with van der Waals surface area (Å²) in [6, 6.07) is 17.4. The zero-order valence-electron chi connectivity index (χ0n) is 23.5. The van der Waals surface area contributed by atoms with E-state index in [2.05, 4.69) is 4.99 Å². The van der Waals surface area contributed by atoms with E-state index in [4.69, 9.17) is 45.1 Å². The van der Waals surface area contributed by atoms with Crippen LogP contribution in [0.25, 0.3) is 10.8 Å². The second-order valence-electron chi connectivity index (χ2n) is 10.9. The van der Waals surface area contributed by atoms with Crippen molar-refractivity contribution >= 4 is 57.7 Å². The van der Waals surface area contributed by atoms with Gasteiger partial charge in [0.2, 0.25) is 11.8 Å². The van der Waals surface area contributed by atoms with Crippen LogP contribution in [0.5, 0.6) is 5.75 Å². The molecule has 2 heterocycles. The van der Waals surface area contributed by atoms with E-state index in [0.29, 0.717) is 35.1 Å². The predicted molar refractivity (Wildman–Crippen MR) is 167 cm³/mol. The van der Waals surface area contributed by atoms with Gasteiger partial charge >= 0.3 is 0 Å². The highest BCUT2D eigenvalue weighted by Crippen LogP contribution is 2.45. The molecule has 2 fully saturated rings. The zero-order valence-corrected chi connectivity index (χ0v) is 25.1. The average molecular weight is 626 g/mol. The molecule has 2 aliphatic rings. The van der Waals surface area contributed by atoms with Crippen LogP contribution in [0.4, 0.5) is 0 Å². The summed E-state index contributed by atoms with van der Waals surface area (Å²) in [6.07, 6.45) is 1.63. The topological polar surface area (TPSA) is 157 Å². The molecule has 0 aromatic heterocycles. The Morgan fingerprint density at radius 2 is 1.79 bits per heavy atom. The maximum atomic E-state index is 14.0. The number of nitrogens with zero attached hydrogens (tertiary/aromatic N) is 3. The fraction of sp³-hybridized carbons (Fsp3) is 0.355. The monoisotopic (exact) mass is 624 g/mol. The van der Waals surface area contributed by atoms with Gasteiger partial charge in [0.1, 0.15) is 18.4 Å². The number of rotatable bonds is 11. The van der Waals surface area contributed by atoms with Crippen molar-refractivity contribution in [2.24, 2.45) is 22.2 Å². The van der Waals surface area contributed by atoms with Gasteiger partial charge in [-0.1, -0.05) is 59.6 Å². The number of hydrogen-bond acceptors (Lipinski definition) is 5. The number of primary amides is 1. The van der Waals surface area contributed by atoms with Crippen LogP contribution in [0.15, 0.2) is 65.7 Å². The van der Waals surface area contributed by atoms with E-state index in [-0.39, 0.29) is 50.2 Å². The van der Waals surface area contributed by atoms with E-state index < -0.39 is 23.7 Å². The first kappa shape index (κ1) is 30.4. The zero-order chi connectivity index (χ0) is 30.7. The molecule has 226 valence electrons. The Morgan fingerprint density at radius 1 is 1.02 bits per heavy atom. The molecule has 0 unspecified atom stereocenters. The molecule has 6 N–H and O–H groups in total. The average Bonchev–Trinajstić information content (AvgIpc) is 3.47. The second-order valence-corrected chi connectivity index (χ2v) is 11.7. The van der Waals surface area contributed by atoms with E-state index in [1.807, 2.05) is 42.5 Å². The van der Waals surface area contributed by atoms with E-state index in [1.54, 1.807) is 18.2 Å². The Hall–Kier alpha value is -4.02. The maximum Gasteiger partial charge on any atom is 0.264 e. The van der Waals surface area contributed by atoms with Crippen LogP contribution in [0.1, 0.15) is 37.7 Å². The summed E-state index contributed by atoms with van der Waals surface area (Å²) >= 11 is 12.4. The highest BCUT2D eigenvalue weighted by Gasteiger charge is 2.66. The number of hydrogen-bond donors (Lipinski definition) is 3. The lowest BCUT2D eigenvalue weighted by Crippen LogP contribution is -2.63. The lowest BCUT2D eigenvalue weighted by Gasteiger charge is -2.38. The molecular formula is C31H34Cl2N6O4. The number of aliphatic imine (C=N–C) groups is 1. The molecule has 2 saturated heterocycles. The molecule has 0 bridgehead atoms. The molecule has 3 amide bonds. The summed E-state index contributed by atoms with van der Waals surface area (Å²) in [7, 11) is 0. The predicted octanol–water partition coefficient (Wildman–Crippen LogP) is 3.60. The molecule has 3 aromatic carbocycles. The molecule has 5 rings (SSSR count). The molecule has 2 aliphatic heterocycles. The molecule has 0 spiro atoms. The van der Waals surface area contributed by atoms with Crippen molar-refractivity contribution in [2.45, 2.75) is 56.3 Å². The van der Waals surface area contributed by atoms with Crippen LogP contribution < -0.4 is 21.9 Å². The highest BCUT2D eigenvalue weighted by molar-refractivity contribution is 6.35. The number of guanidine groups is 1. The first-order valence-corrected chi connectivity index (χ1v) is 14.9. The fourth-order valence-electron chi connectivity index (χ4n) is 6.23. The Morgan fingerprint density at radius 3 is 2.51 bits per heavy atom. The Bertz CT molecular complexity index is 1580. The number of carbonyl (C=O) groups is 3.